The third kappa shape index (κ3) is 3.03. The van der Waals surface area contributed by atoms with Crippen molar-refractivity contribution in [3.05, 3.63) is 23.7 Å². The van der Waals surface area contributed by atoms with Crippen LogP contribution in [0.15, 0.2) is 16.5 Å². The largest absolute Gasteiger partial charge is 0.475 e. The average Bonchev–Trinajstić information content (AvgIpc) is 2.64. The summed E-state index contributed by atoms with van der Waals surface area (Å²) in [5.74, 6) is -0.997. The number of furan rings is 1. The molecule has 0 bridgehead atoms. The Labute approximate surface area is 91.5 Å². The predicted molar refractivity (Wildman–Crippen MR) is 52.7 cm³/mol. The molecular formula is C10H13F2NO3. The molecule has 16 heavy (non-hydrogen) atoms. The minimum absolute atomic E-state index is 0.188. The number of alkyl halides is 2. The van der Waals surface area contributed by atoms with Crippen LogP contribution in [-0.4, -0.2) is 36.0 Å². The molecule has 0 spiro atoms. The fourth-order valence-corrected chi connectivity index (χ4v) is 1.29. The quantitative estimate of drug-likeness (QED) is 0.847. The van der Waals surface area contributed by atoms with Gasteiger partial charge in [-0.05, 0) is 26.1 Å². The lowest BCUT2D eigenvalue weighted by molar-refractivity contribution is 0.0640. The topological polar surface area (TPSA) is 53.7 Å². The molecule has 0 aliphatic rings. The lowest BCUT2D eigenvalue weighted by atomic mass is 10.2. The molecule has 1 aromatic rings. The smallest absolute Gasteiger partial charge is 0.371 e. The number of aromatic carboxylic acids is 1. The van der Waals surface area contributed by atoms with Crippen LogP contribution in [-0.2, 0) is 0 Å². The van der Waals surface area contributed by atoms with E-state index < -0.39 is 12.4 Å². The maximum atomic E-state index is 12.1. The van der Waals surface area contributed by atoms with Crippen molar-refractivity contribution in [3.63, 3.8) is 0 Å². The third-order valence-corrected chi connectivity index (χ3v) is 2.34. The van der Waals surface area contributed by atoms with Gasteiger partial charge in [0.05, 0.1) is 12.6 Å². The van der Waals surface area contributed by atoms with E-state index in [2.05, 4.69) is 0 Å². The fourth-order valence-electron chi connectivity index (χ4n) is 1.29. The zero-order valence-corrected chi connectivity index (χ0v) is 8.98. The number of hydrogen-bond donors (Lipinski definition) is 1. The third-order valence-electron chi connectivity index (χ3n) is 2.34. The molecule has 0 saturated heterocycles. The van der Waals surface area contributed by atoms with Gasteiger partial charge in [0, 0.05) is 0 Å². The van der Waals surface area contributed by atoms with Crippen LogP contribution in [0.5, 0.6) is 0 Å². The molecule has 0 aliphatic carbocycles. The van der Waals surface area contributed by atoms with E-state index >= 15 is 0 Å². The van der Waals surface area contributed by atoms with Gasteiger partial charge in [-0.1, -0.05) is 0 Å². The summed E-state index contributed by atoms with van der Waals surface area (Å²) in [5, 5.41) is 8.64. The van der Waals surface area contributed by atoms with Crippen LogP contribution < -0.4 is 0 Å². The normalized spacial score (nSPS) is 13.4. The lowest BCUT2D eigenvalue weighted by Gasteiger charge is -2.22. The lowest BCUT2D eigenvalue weighted by Crippen LogP contribution is -2.27. The fraction of sp³-hybridized carbons (Fsp3) is 0.500. The van der Waals surface area contributed by atoms with Gasteiger partial charge in [-0.2, -0.15) is 0 Å². The Morgan fingerprint density at radius 3 is 2.62 bits per heavy atom. The van der Waals surface area contributed by atoms with E-state index in [1.165, 1.54) is 24.1 Å². The standard InChI is InChI=1S/C10H13F2NO3/c1-6(13(2)5-9(11)12)7-3-4-8(16-7)10(14)15/h3-4,6,9H,5H2,1-2H3,(H,14,15). The van der Waals surface area contributed by atoms with Gasteiger partial charge in [0.1, 0.15) is 5.76 Å². The summed E-state index contributed by atoms with van der Waals surface area (Å²) in [7, 11) is 1.53. The molecule has 0 aliphatic heterocycles. The van der Waals surface area contributed by atoms with E-state index in [0.29, 0.717) is 5.76 Å². The minimum atomic E-state index is -2.43. The van der Waals surface area contributed by atoms with Crippen LogP contribution in [0, 0.1) is 0 Å². The van der Waals surface area contributed by atoms with Crippen molar-refractivity contribution >= 4 is 5.97 Å². The molecule has 90 valence electrons. The Bertz CT molecular complexity index is 365. The summed E-state index contributed by atoms with van der Waals surface area (Å²) in [5.41, 5.74) is 0. The van der Waals surface area contributed by atoms with Crippen molar-refractivity contribution in [1.29, 1.82) is 0 Å². The number of carboxylic acids is 1. The van der Waals surface area contributed by atoms with Gasteiger partial charge in [0.15, 0.2) is 0 Å². The summed E-state index contributed by atoms with van der Waals surface area (Å²) in [6, 6.07) is 2.41. The van der Waals surface area contributed by atoms with Crippen molar-refractivity contribution in [2.45, 2.75) is 19.4 Å². The molecule has 0 amide bonds. The van der Waals surface area contributed by atoms with Gasteiger partial charge in [0.25, 0.3) is 6.43 Å². The summed E-state index contributed by atoms with van der Waals surface area (Å²) >= 11 is 0. The van der Waals surface area contributed by atoms with Crippen LogP contribution in [0.3, 0.4) is 0 Å². The van der Waals surface area contributed by atoms with Gasteiger partial charge in [-0.3, -0.25) is 4.90 Å². The first-order valence-electron chi connectivity index (χ1n) is 4.73. The second-order valence-corrected chi connectivity index (χ2v) is 3.51. The number of nitrogens with zero attached hydrogens (tertiary/aromatic N) is 1. The van der Waals surface area contributed by atoms with Crippen LogP contribution in [0.4, 0.5) is 8.78 Å². The Kier molecular flexibility index (Phi) is 4.00. The van der Waals surface area contributed by atoms with Crippen LogP contribution >= 0.6 is 0 Å². The maximum absolute atomic E-state index is 12.1. The highest BCUT2D eigenvalue weighted by Crippen LogP contribution is 2.21. The average molecular weight is 233 g/mol. The Balaban J connectivity index is 2.71. The van der Waals surface area contributed by atoms with Gasteiger partial charge in [0.2, 0.25) is 5.76 Å². The SMILES string of the molecule is CC(c1ccc(C(=O)O)o1)N(C)CC(F)F. The maximum Gasteiger partial charge on any atom is 0.371 e. The van der Waals surface area contributed by atoms with E-state index in [9.17, 15) is 13.6 Å². The van der Waals surface area contributed by atoms with Gasteiger partial charge >= 0.3 is 5.97 Å². The summed E-state index contributed by atoms with van der Waals surface area (Å²) < 4.78 is 29.3. The van der Waals surface area contributed by atoms with Crippen molar-refractivity contribution < 1.29 is 23.1 Å². The Hall–Kier alpha value is -1.43. The van der Waals surface area contributed by atoms with Gasteiger partial charge in [-0.15, -0.1) is 0 Å². The number of hydrogen-bond acceptors (Lipinski definition) is 3. The second kappa shape index (κ2) is 5.07. The highest BCUT2D eigenvalue weighted by molar-refractivity contribution is 5.84. The predicted octanol–water partition coefficient (Wildman–Crippen LogP) is 2.24. The molecule has 0 aromatic carbocycles. The molecule has 1 N–H and O–H groups in total. The van der Waals surface area contributed by atoms with E-state index in [1.807, 2.05) is 0 Å². The Morgan fingerprint density at radius 2 is 2.19 bits per heavy atom. The zero-order valence-electron chi connectivity index (χ0n) is 8.98. The van der Waals surface area contributed by atoms with E-state index in [1.54, 1.807) is 6.92 Å². The first-order chi connectivity index (χ1) is 7.41. The molecule has 0 radical (unpaired) electrons. The van der Waals surface area contributed by atoms with Crippen LogP contribution in [0.2, 0.25) is 0 Å². The number of carbonyl (C=O) groups is 1. The van der Waals surface area contributed by atoms with Gasteiger partial charge < -0.3 is 9.52 Å². The molecule has 1 atom stereocenters. The molecule has 1 aromatic heterocycles. The van der Waals surface area contributed by atoms with E-state index in [0.717, 1.165) is 0 Å². The molecular weight excluding hydrogens is 220 g/mol. The first-order valence-corrected chi connectivity index (χ1v) is 4.73. The van der Waals surface area contributed by atoms with E-state index in [-0.39, 0.29) is 18.3 Å². The Morgan fingerprint density at radius 1 is 1.56 bits per heavy atom. The molecule has 6 heteroatoms. The molecule has 1 heterocycles. The zero-order chi connectivity index (χ0) is 12.3. The number of rotatable bonds is 5. The van der Waals surface area contributed by atoms with Crippen molar-refractivity contribution in [3.8, 4) is 0 Å². The van der Waals surface area contributed by atoms with Crippen LogP contribution in [0.1, 0.15) is 29.3 Å². The van der Waals surface area contributed by atoms with Crippen molar-refractivity contribution in [2.24, 2.45) is 0 Å². The number of carboxylic acid groups (broad SMARTS) is 1. The van der Waals surface area contributed by atoms with Gasteiger partial charge in [-0.25, -0.2) is 13.6 Å². The number of halogens is 2. The van der Waals surface area contributed by atoms with Crippen molar-refractivity contribution in [1.82, 2.24) is 4.90 Å². The summed E-state index contributed by atoms with van der Waals surface area (Å²) in [4.78, 5) is 12.0. The minimum Gasteiger partial charge on any atom is -0.475 e. The highest BCUT2D eigenvalue weighted by Gasteiger charge is 2.19. The second-order valence-electron chi connectivity index (χ2n) is 3.51. The van der Waals surface area contributed by atoms with Crippen molar-refractivity contribution in [2.75, 3.05) is 13.6 Å². The van der Waals surface area contributed by atoms with E-state index in [4.69, 9.17) is 9.52 Å². The molecule has 4 nitrogen and oxygen atoms in total. The molecule has 1 rings (SSSR count). The molecule has 0 fully saturated rings. The summed E-state index contributed by atoms with van der Waals surface area (Å²) in [6.45, 7) is 1.29. The molecule has 0 saturated carbocycles. The summed E-state index contributed by atoms with van der Waals surface area (Å²) in [6.07, 6.45) is -2.43. The monoisotopic (exact) mass is 233 g/mol. The van der Waals surface area contributed by atoms with Crippen LogP contribution in [0.25, 0.3) is 0 Å². The molecule has 1 unspecified atom stereocenters. The first kappa shape index (κ1) is 12.6. The highest BCUT2D eigenvalue weighted by atomic mass is 19.3.